The molecule has 1 amide bonds. The number of hydrogen-bond acceptors (Lipinski definition) is 2. The van der Waals surface area contributed by atoms with Crippen molar-refractivity contribution in [2.45, 2.75) is 39.2 Å². The molecule has 25 heavy (non-hydrogen) atoms. The van der Waals surface area contributed by atoms with Gasteiger partial charge in [0, 0.05) is 18.6 Å². The molecule has 0 unspecified atom stereocenters. The summed E-state index contributed by atoms with van der Waals surface area (Å²) < 4.78 is 5.69. The van der Waals surface area contributed by atoms with Gasteiger partial charge in [-0.2, -0.15) is 0 Å². The van der Waals surface area contributed by atoms with Crippen LogP contribution in [-0.4, -0.2) is 24.5 Å². The first kappa shape index (κ1) is 19.3. The maximum Gasteiger partial charge on any atom is 0.226 e. The Morgan fingerprint density at radius 2 is 1.72 bits per heavy atom. The van der Waals surface area contributed by atoms with Crippen LogP contribution in [0.15, 0.2) is 48.5 Å². The number of rotatable bonds is 6. The van der Waals surface area contributed by atoms with Gasteiger partial charge in [-0.25, -0.2) is 0 Å². The number of hydrogen-bond donors (Lipinski definition) is 0. The number of amides is 1. The summed E-state index contributed by atoms with van der Waals surface area (Å²) in [7, 11) is 1.78. The van der Waals surface area contributed by atoms with Crippen LogP contribution in [0.1, 0.15) is 38.3 Å². The third kappa shape index (κ3) is 5.79. The molecule has 0 aliphatic rings. The lowest BCUT2D eigenvalue weighted by atomic mass is 9.87. The lowest BCUT2D eigenvalue weighted by Gasteiger charge is -2.19. The molecule has 0 bridgehead atoms. The molecule has 0 aromatic heterocycles. The van der Waals surface area contributed by atoms with E-state index in [1.807, 2.05) is 36.4 Å². The van der Waals surface area contributed by atoms with Crippen molar-refractivity contribution in [1.82, 2.24) is 4.90 Å². The smallest absolute Gasteiger partial charge is 0.226 e. The Morgan fingerprint density at radius 1 is 1.08 bits per heavy atom. The second-order valence-electron chi connectivity index (χ2n) is 7.21. The molecule has 0 saturated heterocycles. The average Bonchev–Trinajstić information content (AvgIpc) is 2.56. The molecule has 0 spiro atoms. The number of nitrogens with zero attached hydrogens (tertiary/aromatic N) is 1. The Kier molecular flexibility index (Phi) is 6.49. The van der Waals surface area contributed by atoms with Crippen molar-refractivity contribution in [3.8, 4) is 5.75 Å². The monoisotopic (exact) mass is 359 g/mol. The van der Waals surface area contributed by atoms with Gasteiger partial charge in [-0.15, -0.1) is 0 Å². The molecular weight excluding hydrogens is 334 g/mol. The van der Waals surface area contributed by atoms with E-state index in [-0.39, 0.29) is 11.3 Å². The molecule has 4 heteroatoms. The maximum atomic E-state index is 12.2. The van der Waals surface area contributed by atoms with Crippen LogP contribution in [0.5, 0.6) is 5.75 Å². The number of carbonyl (C=O) groups excluding carboxylic acids is 1. The highest BCUT2D eigenvalue weighted by molar-refractivity contribution is 6.31. The summed E-state index contributed by atoms with van der Waals surface area (Å²) in [6, 6.07) is 15.6. The summed E-state index contributed by atoms with van der Waals surface area (Å²) in [5, 5.41) is 0.678. The molecule has 0 fully saturated rings. The quantitative estimate of drug-likeness (QED) is 0.721. The van der Waals surface area contributed by atoms with Crippen LogP contribution in [0.2, 0.25) is 5.02 Å². The number of benzene rings is 2. The predicted molar refractivity (Wildman–Crippen MR) is 103 cm³/mol. The molecule has 0 aliphatic carbocycles. The average molecular weight is 360 g/mol. The molecule has 0 N–H and O–H groups in total. The number of halogens is 1. The van der Waals surface area contributed by atoms with Gasteiger partial charge in [0.05, 0.1) is 13.0 Å². The Labute approximate surface area is 155 Å². The molecule has 134 valence electrons. The van der Waals surface area contributed by atoms with E-state index in [0.29, 0.717) is 24.6 Å². The topological polar surface area (TPSA) is 29.5 Å². The van der Waals surface area contributed by atoms with Crippen molar-refractivity contribution in [2.75, 3.05) is 13.7 Å². The first-order valence-electron chi connectivity index (χ1n) is 8.48. The van der Waals surface area contributed by atoms with Crippen LogP contribution in [0.3, 0.4) is 0 Å². The van der Waals surface area contributed by atoms with E-state index in [0.717, 1.165) is 11.3 Å². The molecule has 0 radical (unpaired) electrons. The minimum Gasteiger partial charge on any atom is -0.493 e. The van der Waals surface area contributed by atoms with Crippen LogP contribution in [0.4, 0.5) is 0 Å². The van der Waals surface area contributed by atoms with Gasteiger partial charge < -0.3 is 9.64 Å². The van der Waals surface area contributed by atoms with Gasteiger partial charge in [-0.3, -0.25) is 4.79 Å². The Morgan fingerprint density at radius 3 is 2.32 bits per heavy atom. The fraction of sp³-hybridized carbons (Fsp3) is 0.381. The van der Waals surface area contributed by atoms with Gasteiger partial charge in [0.1, 0.15) is 5.75 Å². The summed E-state index contributed by atoms with van der Waals surface area (Å²) in [5.41, 5.74) is 2.32. The number of ether oxygens (including phenoxy) is 1. The summed E-state index contributed by atoms with van der Waals surface area (Å²) in [6.07, 6.45) is 0.335. The molecule has 2 aromatic carbocycles. The zero-order valence-electron chi connectivity index (χ0n) is 15.4. The summed E-state index contributed by atoms with van der Waals surface area (Å²) in [4.78, 5) is 13.9. The van der Waals surface area contributed by atoms with Gasteiger partial charge in [-0.1, -0.05) is 62.7 Å². The van der Waals surface area contributed by atoms with E-state index in [4.69, 9.17) is 16.3 Å². The van der Waals surface area contributed by atoms with E-state index >= 15 is 0 Å². The van der Waals surface area contributed by atoms with Crippen molar-refractivity contribution in [3.05, 3.63) is 64.7 Å². The van der Waals surface area contributed by atoms with E-state index in [2.05, 4.69) is 32.9 Å². The SMILES string of the molecule is CN(Cc1ccccc1Cl)C(=O)CCOc1ccc(C(C)(C)C)cc1. The van der Waals surface area contributed by atoms with Crippen LogP contribution in [0, 0.1) is 0 Å². The fourth-order valence-electron chi connectivity index (χ4n) is 2.47. The van der Waals surface area contributed by atoms with Crippen molar-refractivity contribution in [1.29, 1.82) is 0 Å². The fourth-order valence-corrected chi connectivity index (χ4v) is 2.66. The zero-order valence-corrected chi connectivity index (χ0v) is 16.1. The minimum absolute atomic E-state index is 0.0335. The second kappa shape index (κ2) is 8.39. The summed E-state index contributed by atoms with van der Waals surface area (Å²) in [6.45, 7) is 7.39. The molecule has 0 heterocycles. The van der Waals surface area contributed by atoms with Crippen molar-refractivity contribution < 1.29 is 9.53 Å². The zero-order chi connectivity index (χ0) is 18.4. The summed E-state index contributed by atoms with van der Waals surface area (Å²) >= 11 is 6.14. The van der Waals surface area contributed by atoms with Crippen molar-refractivity contribution in [2.24, 2.45) is 0 Å². The molecule has 0 atom stereocenters. The molecule has 0 saturated carbocycles. The third-order valence-electron chi connectivity index (χ3n) is 4.10. The Bertz CT molecular complexity index is 705. The standard InChI is InChI=1S/C21H26ClNO2/c1-21(2,3)17-9-11-18(12-10-17)25-14-13-20(24)23(4)15-16-7-5-6-8-19(16)22/h5-12H,13-15H2,1-4H3. The molecule has 2 rings (SSSR count). The van der Waals surface area contributed by atoms with Crippen LogP contribution >= 0.6 is 11.6 Å². The molecule has 0 aliphatic heterocycles. The van der Waals surface area contributed by atoms with Crippen molar-refractivity contribution >= 4 is 17.5 Å². The largest absolute Gasteiger partial charge is 0.493 e. The van der Waals surface area contributed by atoms with Crippen molar-refractivity contribution in [3.63, 3.8) is 0 Å². The van der Waals surface area contributed by atoms with Gasteiger partial charge >= 0.3 is 0 Å². The summed E-state index contributed by atoms with van der Waals surface area (Å²) in [5.74, 6) is 0.820. The lowest BCUT2D eigenvalue weighted by molar-refractivity contribution is -0.130. The number of carbonyl (C=O) groups is 1. The normalized spacial score (nSPS) is 11.2. The van der Waals surface area contributed by atoms with Crippen LogP contribution in [0.25, 0.3) is 0 Å². The molecule has 3 nitrogen and oxygen atoms in total. The van der Waals surface area contributed by atoms with Gasteiger partial charge in [0.25, 0.3) is 0 Å². The van der Waals surface area contributed by atoms with E-state index in [1.165, 1.54) is 5.56 Å². The van der Waals surface area contributed by atoms with Gasteiger partial charge in [-0.05, 0) is 34.7 Å². The lowest BCUT2D eigenvalue weighted by Crippen LogP contribution is -2.27. The highest BCUT2D eigenvalue weighted by Gasteiger charge is 2.14. The molecule has 2 aromatic rings. The first-order chi connectivity index (χ1) is 11.8. The Balaban J connectivity index is 1.81. The van der Waals surface area contributed by atoms with Crippen LogP contribution < -0.4 is 4.74 Å². The third-order valence-corrected chi connectivity index (χ3v) is 4.46. The van der Waals surface area contributed by atoms with Crippen LogP contribution in [-0.2, 0) is 16.8 Å². The van der Waals surface area contributed by atoms with E-state index in [9.17, 15) is 4.79 Å². The predicted octanol–water partition coefficient (Wildman–Crippen LogP) is 5.07. The first-order valence-corrected chi connectivity index (χ1v) is 8.86. The van der Waals surface area contributed by atoms with E-state index in [1.54, 1.807) is 11.9 Å². The second-order valence-corrected chi connectivity index (χ2v) is 7.62. The van der Waals surface area contributed by atoms with E-state index < -0.39 is 0 Å². The molecular formula is C21H26ClNO2. The minimum atomic E-state index is 0.0335. The highest BCUT2D eigenvalue weighted by atomic mass is 35.5. The Hall–Kier alpha value is -2.00. The highest BCUT2D eigenvalue weighted by Crippen LogP contribution is 2.24. The van der Waals surface area contributed by atoms with Gasteiger partial charge in [0.15, 0.2) is 0 Å². The van der Waals surface area contributed by atoms with Gasteiger partial charge in [0.2, 0.25) is 5.91 Å². The maximum absolute atomic E-state index is 12.2.